The summed E-state index contributed by atoms with van der Waals surface area (Å²) in [6.45, 7) is 3.81. The molecule has 10 heteroatoms. The summed E-state index contributed by atoms with van der Waals surface area (Å²) in [6, 6.07) is 5.48. The molecule has 3 aromatic rings. The van der Waals surface area contributed by atoms with E-state index in [1.807, 2.05) is 13.8 Å². The predicted octanol–water partition coefficient (Wildman–Crippen LogP) is 4.25. The van der Waals surface area contributed by atoms with Crippen LogP contribution < -0.4 is 9.47 Å². The third kappa shape index (κ3) is 4.17. The summed E-state index contributed by atoms with van der Waals surface area (Å²) in [6.07, 6.45) is -3.70. The predicted molar refractivity (Wildman–Crippen MR) is 102 cm³/mol. The van der Waals surface area contributed by atoms with Crippen molar-refractivity contribution >= 4 is 11.6 Å². The zero-order valence-corrected chi connectivity index (χ0v) is 16.8. The van der Waals surface area contributed by atoms with Crippen molar-refractivity contribution in [1.82, 2.24) is 14.6 Å². The summed E-state index contributed by atoms with van der Waals surface area (Å²) < 4.78 is 57.2. The molecule has 0 atom stereocenters. The highest BCUT2D eigenvalue weighted by Crippen LogP contribution is 2.35. The van der Waals surface area contributed by atoms with Gasteiger partial charge in [-0.15, -0.1) is 0 Å². The molecule has 0 aliphatic heterocycles. The van der Waals surface area contributed by atoms with Gasteiger partial charge in [0.25, 0.3) is 0 Å². The van der Waals surface area contributed by atoms with Gasteiger partial charge in [0.2, 0.25) is 0 Å². The first-order chi connectivity index (χ1) is 14.2. The van der Waals surface area contributed by atoms with Crippen LogP contribution in [0.1, 0.15) is 29.9 Å². The Labute approximate surface area is 170 Å². The Balaban J connectivity index is 2.18. The van der Waals surface area contributed by atoms with Crippen molar-refractivity contribution in [3.05, 3.63) is 41.7 Å². The Morgan fingerprint density at radius 1 is 1.13 bits per heavy atom. The molecule has 0 saturated carbocycles. The van der Waals surface area contributed by atoms with E-state index in [1.54, 1.807) is 12.1 Å². The van der Waals surface area contributed by atoms with Gasteiger partial charge in [-0.05, 0) is 30.2 Å². The lowest BCUT2D eigenvalue weighted by Gasteiger charge is -2.13. The molecule has 7 nitrogen and oxygen atoms in total. The summed E-state index contributed by atoms with van der Waals surface area (Å²) in [5.74, 6) is 0.0246. The van der Waals surface area contributed by atoms with Gasteiger partial charge in [0.05, 0.1) is 32.7 Å². The van der Waals surface area contributed by atoms with Gasteiger partial charge in [-0.2, -0.15) is 18.3 Å². The van der Waals surface area contributed by atoms with Gasteiger partial charge in [0, 0.05) is 5.56 Å². The molecule has 2 aromatic heterocycles. The Morgan fingerprint density at radius 3 is 2.43 bits per heavy atom. The Hall–Kier alpha value is -3.30. The minimum absolute atomic E-state index is 0.00538. The van der Waals surface area contributed by atoms with Crippen LogP contribution >= 0.6 is 0 Å². The number of ether oxygens (including phenoxy) is 3. The molecule has 0 fully saturated rings. The fourth-order valence-corrected chi connectivity index (χ4v) is 2.77. The standard InChI is InChI=1S/C20H20F3N3O4/c1-11(2)10-30-19(27)13-9-24-26-17(20(21,22)23)8-14(25-18(13)26)12-5-6-15(28-3)16(7-12)29-4/h5-9,11H,10H2,1-4H3. The number of fused-ring (bicyclic) bond motifs is 1. The third-order valence-electron chi connectivity index (χ3n) is 4.21. The Morgan fingerprint density at radius 2 is 1.83 bits per heavy atom. The second-order valence-corrected chi connectivity index (χ2v) is 6.88. The molecule has 0 aliphatic rings. The number of hydrogen-bond acceptors (Lipinski definition) is 6. The van der Waals surface area contributed by atoms with Gasteiger partial charge in [-0.25, -0.2) is 14.3 Å². The highest BCUT2D eigenvalue weighted by molar-refractivity contribution is 5.96. The van der Waals surface area contributed by atoms with Crippen molar-refractivity contribution in [3.8, 4) is 22.8 Å². The lowest BCUT2D eigenvalue weighted by atomic mass is 10.1. The molecule has 160 valence electrons. The highest BCUT2D eigenvalue weighted by atomic mass is 19.4. The van der Waals surface area contributed by atoms with Crippen molar-refractivity contribution in [3.63, 3.8) is 0 Å². The minimum Gasteiger partial charge on any atom is -0.493 e. The maximum absolute atomic E-state index is 13.7. The average Bonchev–Trinajstić information content (AvgIpc) is 3.13. The molecule has 0 bridgehead atoms. The zero-order valence-electron chi connectivity index (χ0n) is 16.8. The van der Waals surface area contributed by atoms with E-state index in [0.717, 1.165) is 12.3 Å². The van der Waals surface area contributed by atoms with Crippen molar-refractivity contribution in [1.29, 1.82) is 0 Å². The largest absolute Gasteiger partial charge is 0.493 e. The molecule has 0 unspecified atom stereocenters. The summed E-state index contributed by atoms with van der Waals surface area (Å²) in [5.41, 5.74) is -1.12. The van der Waals surface area contributed by atoms with Gasteiger partial charge in [0.15, 0.2) is 22.8 Å². The lowest BCUT2D eigenvalue weighted by Crippen LogP contribution is -2.15. The van der Waals surface area contributed by atoms with E-state index < -0.39 is 17.8 Å². The van der Waals surface area contributed by atoms with Crippen molar-refractivity contribution < 1.29 is 32.2 Å². The number of benzene rings is 1. The van der Waals surface area contributed by atoms with Crippen LogP contribution in [0.4, 0.5) is 13.2 Å². The van der Waals surface area contributed by atoms with E-state index in [2.05, 4.69) is 10.1 Å². The molecule has 3 rings (SSSR count). The Bertz CT molecular complexity index is 1080. The smallest absolute Gasteiger partial charge is 0.433 e. The number of halogens is 3. The van der Waals surface area contributed by atoms with E-state index in [0.29, 0.717) is 21.6 Å². The van der Waals surface area contributed by atoms with Crippen LogP contribution in [0.15, 0.2) is 30.5 Å². The lowest BCUT2D eigenvalue weighted by molar-refractivity contribution is -0.142. The fourth-order valence-electron chi connectivity index (χ4n) is 2.77. The van der Waals surface area contributed by atoms with Crippen LogP contribution in [0.5, 0.6) is 11.5 Å². The average molecular weight is 423 g/mol. The first-order valence-corrected chi connectivity index (χ1v) is 9.01. The van der Waals surface area contributed by atoms with Gasteiger partial charge < -0.3 is 14.2 Å². The second-order valence-electron chi connectivity index (χ2n) is 6.88. The molecule has 0 aliphatic carbocycles. The van der Waals surface area contributed by atoms with E-state index in [4.69, 9.17) is 14.2 Å². The molecule has 1 aromatic carbocycles. The molecule has 2 heterocycles. The topological polar surface area (TPSA) is 75.0 Å². The third-order valence-corrected chi connectivity index (χ3v) is 4.21. The van der Waals surface area contributed by atoms with Crippen LogP contribution in [0.2, 0.25) is 0 Å². The van der Waals surface area contributed by atoms with Crippen LogP contribution in [0.25, 0.3) is 16.9 Å². The number of nitrogens with zero attached hydrogens (tertiary/aromatic N) is 3. The summed E-state index contributed by atoms with van der Waals surface area (Å²) in [4.78, 5) is 16.6. The van der Waals surface area contributed by atoms with Crippen LogP contribution in [0.3, 0.4) is 0 Å². The number of rotatable bonds is 6. The first-order valence-electron chi connectivity index (χ1n) is 9.01. The number of esters is 1. The van der Waals surface area contributed by atoms with Crippen LogP contribution in [0, 0.1) is 5.92 Å². The number of carbonyl (C=O) groups is 1. The van der Waals surface area contributed by atoms with E-state index in [9.17, 15) is 18.0 Å². The van der Waals surface area contributed by atoms with Gasteiger partial charge in [-0.3, -0.25) is 0 Å². The number of hydrogen-bond donors (Lipinski definition) is 0. The quantitative estimate of drug-likeness (QED) is 0.552. The van der Waals surface area contributed by atoms with Crippen molar-refractivity contribution in [2.75, 3.05) is 20.8 Å². The summed E-state index contributed by atoms with van der Waals surface area (Å²) in [7, 11) is 2.87. The molecule has 0 spiro atoms. The normalized spacial score (nSPS) is 11.7. The molecule has 0 N–H and O–H groups in total. The van der Waals surface area contributed by atoms with Gasteiger partial charge in [-0.1, -0.05) is 13.8 Å². The monoisotopic (exact) mass is 423 g/mol. The fraction of sp³-hybridized carbons (Fsp3) is 0.350. The molecule has 30 heavy (non-hydrogen) atoms. The molecule has 0 amide bonds. The maximum Gasteiger partial charge on any atom is 0.433 e. The number of alkyl halides is 3. The number of aromatic nitrogens is 3. The maximum atomic E-state index is 13.7. The SMILES string of the molecule is COc1ccc(-c2cc(C(F)(F)F)n3ncc(C(=O)OCC(C)C)c3n2)cc1OC. The number of carbonyl (C=O) groups excluding carboxylic acids is 1. The summed E-state index contributed by atoms with van der Waals surface area (Å²) in [5, 5.41) is 3.72. The molecule has 0 saturated heterocycles. The van der Waals surface area contributed by atoms with Gasteiger partial charge in [0.1, 0.15) is 5.56 Å². The second kappa shape index (κ2) is 8.21. The van der Waals surface area contributed by atoms with Gasteiger partial charge >= 0.3 is 12.1 Å². The molecule has 0 radical (unpaired) electrons. The zero-order chi connectivity index (χ0) is 22.1. The first kappa shape index (κ1) is 21.4. The highest BCUT2D eigenvalue weighted by Gasteiger charge is 2.36. The minimum atomic E-state index is -4.72. The number of methoxy groups -OCH3 is 2. The van der Waals surface area contributed by atoms with Crippen LogP contribution in [-0.4, -0.2) is 41.4 Å². The summed E-state index contributed by atoms with van der Waals surface area (Å²) >= 11 is 0. The van der Waals surface area contributed by atoms with E-state index >= 15 is 0 Å². The van der Waals surface area contributed by atoms with E-state index in [-0.39, 0.29) is 29.4 Å². The van der Waals surface area contributed by atoms with Crippen LogP contribution in [-0.2, 0) is 10.9 Å². The Kier molecular flexibility index (Phi) is 5.86. The van der Waals surface area contributed by atoms with E-state index in [1.165, 1.54) is 20.3 Å². The van der Waals surface area contributed by atoms with Crippen molar-refractivity contribution in [2.45, 2.75) is 20.0 Å². The molecular formula is C20H20F3N3O4. The molecular weight excluding hydrogens is 403 g/mol. The van der Waals surface area contributed by atoms with Crippen molar-refractivity contribution in [2.24, 2.45) is 5.92 Å².